The molecule has 0 aromatic carbocycles. The van der Waals surface area contributed by atoms with Crippen LogP contribution in [0.5, 0.6) is 0 Å². The van der Waals surface area contributed by atoms with Crippen LogP contribution in [0.4, 0.5) is 11.6 Å². The van der Waals surface area contributed by atoms with Crippen molar-refractivity contribution in [2.75, 3.05) is 17.7 Å². The third-order valence-corrected chi connectivity index (χ3v) is 2.44. The number of rotatable bonds is 3. The number of carbonyl (C=O) groups excluding carboxylic acids is 1. The topological polar surface area (TPSA) is 79.8 Å². The van der Waals surface area contributed by atoms with Gasteiger partial charge in [-0.15, -0.1) is 0 Å². The Hall–Kier alpha value is -2.21. The monoisotopic (exact) mass is 263 g/mol. The van der Waals surface area contributed by atoms with E-state index in [2.05, 4.69) is 25.6 Å². The van der Waals surface area contributed by atoms with E-state index in [1.54, 1.807) is 19.2 Å². The Labute approximate surface area is 108 Å². The van der Waals surface area contributed by atoms with Crippen molar-refractivity contribution >= 4 is 29.1 Å². The largest absolute Gasteiger partial charge is 0.372 e. The van der Waals surface area contributed by atoms with E-state index in [0.717, 1.165) is 0 Å². The minimum absolute atomic E-state index is 0.190. The van der Waals surface area contributed by atoms with E-state index in [4.69, 9.17) is 11.6 Å². The number of nitrogens with one attached hydrogen (secondary N) is 2. The second kappa shape index (κ2) is 5.42. The first-order valence-corrected chi connectivity index (χ1v) is 5.50. The van der Waals surface area contributed by atoms with Crippen molar-refractivity contribution in [3.8, 4) is 0 Å². The molecular formula is C11H10ClN5O. The van der Waals surface area contributed by atoms with Crippen LogP contribution in [-0.2, 0) is 0 Å². The Morgan fingerprint density at radius 2 is 2.11 bits per heavy atom. The molecule has 92 valence electrons. The van der Waals surface area contributed by atoms with Gasteiger partial charge >= 0.3 is 0 Å². The standard InChI is InChI=1S/C11H10ClN5O/c1-13-9-6-15-8(5-16-9)11(18)17-10-7(12)3-2-4-14-10/h2-6H,1H3,(H,13,16)(H,14,17,18). The number of halogens is 1. The van der Waals surface area contributed by atoms with Gasteiger partial charge in [0.25, 0.3) is 5.91 Å². The number of nitrogens with zero attached hydrogens (tertiary/aromatic N) is 3. The van der Waals surface area contributed by atoms with Crippen molar-refractivity contribution in [3.63, 3.8) is 0 Å². The van der Waals surface area contributed by atoms with E-state index in [9.17, 15) is 4.79 Å². The molecule has 18 heavy (non-hydrogen) atoms. The van der Waals surface area contributed by atoms with Crippen LogP contribution in [-0.4, -0.2) is 27.9 Å². The zero-order chi connectivity index (χ0) is 13.0. The molecule has 0 bridgehead atoms. The summed E-state index contributed by atoms with van der Waals surface area (Å²) in [5, 5.41) is 5.74. The fourth-order valence-electron chi connectivity index (χ4n) is 1.22. The van der Waals surface area contributed by atoms with E-state index in [1.165, 1.54) is 18.6 Å². The fraction of sp³-hybridized carbons (Fsp3) is 0.0909. The zero-order valence-electron chi connectivity index (χ0n) is 9.51. The van der Waals surface area contributed by atoms with Gasteiger partial charge in [-0.25, -0.2) is 15.0 Å². The summed E-state index contributed by atoms with van der Waals surface area (Å²) < 4.78 is 0. The minimum Gasteiger partial charge on any atom is -0.372 e. The summed E-state index contributed by atoms with van der Waals surface area (Å²) >= 11 is 5.88. The highest BCUT2D eigenvalue weighted by atomic mass is 35.5. The maximum Gasteiger partial charge on any atom is 0.277 e. The number of anilines is 2. The molecule has 0 unspecified atom stereocenters. The van der Waals surface area contributed by atoms with Crippen LogP contribution in [0.3, 0.4) is 0 Å². The second-order valence-electron chi connectivity index (χ2n) is 3.32. The van der Waals surface area contributed by atoms with Gasteiger partial charge in [0.2, 0.25) is 0 Å². The van der Waals surface area contributed by atoms with Crippen LogP contribution in [0, 0.1) is 0 Å². The maximum atomic E-state index is 11.8. The van der Waals surface area contributed by atoms with Crippen LogP contribution in [0.15, 0.2) is 30.7 Å². The molecule has 0 radical (unpaired) electrons. The summed E-state index contributed by atoms with van der Waals surface area (Å²) in [5.41, 5.74) is 0.190. The van der Waals surface area contributed by atoms with E-state index < -0.39 is 5.91 Å². The lowest BCUT2D eigenvalue weighted by Gasteiger charge is -2.05. The molecule has 2 aromatic rings. The van der Waals surface area contributed by atoms with E-state index >= 15 is 0 Å². The highest BCUT2D eigenvalue weighted by Gasteiger charge is 2.10. The average molecular weight is 264 g/mol. The summed E-state index contributed by atoms with van der Waals surface area (Å²) in [6, 6.07) is 3.32. The first kappa shape index (κ1) is 12.3. The third-order valence-electron chi connectivity index (χ3n) is 2.13. The number of hydrogen-bond donors (Lipinski definition) is 2. The lowest BCUT2D eigenvalue weighted by atomic mass is 10.4. The van der Waals surface area contributed by atoms with Gasteiger partial charge in [0.1, 0.15) is 11.5 Å². The molecule has 2 heterocycles. The van der Waals surface area contributed by atoms with Crippen LogP contribution in [0.25, 0.3) is 0 Å². The SMILES string of the molecule is CNc1cnc(C(=O)Nc2ncccc2Cl)cn1. The highest BCUT2D eigenvalue weighted by Crippen LogP contribution is 2.17. The molecule has 0 aliphatic rings. The second-order valence-corrected chi connectivity index (χ2v) is 3.73. The summed E-state index contributed by atoms with van der Waals surface area (Å²) in [6.45, 7) is 0. The van der Waals surface area contributed by atoms with Crippen LogP contribution >= 0.6 is 11.6 Å². The molecule has 2 rings (SSSR count). The first-order chi connectivity index (χ1) is 8.70. The quantitative estimate of drug-likeness (QED) is 0.883. The molecule has 0 aliphatic carbocycles. The van der Waals surface area contributed by atoms with E-state index in [-0.39, 0.29) is 5.69 Å². The maximum absolute atomic E-state index is 11.8. The predicted molar refractivity (Wildman–Crippen MR) is 68.8 cm³/mol. The van der Waals surface area contributed by atoms with E-state index in [1.807, 2.05) is 0 Å². The smallest absolute Gasteiger partial charge is 0.277 e. The number of amides is 1. The number of carbonyl (C=O) groups is 1. The summed E-state index contributed by atoms with van der Waals surface area (Å²) in [6.07, 6.45) is 4.38. The van der Waals surface area contributed by atoms with Crippen molar-refractivity contribution in [2.24, 2.45) is 0 Å². The molecule has 0 spiro atoms. The fourth-order valence-corrected chi connectivity index (χ4v) is 1.39. The van der Waals surface area contributed by atoms with Gasteiger partial charge < -0.3 is 10.6 Å². The summed E-state index contributed by atoms with van der Waals surface area (Å²) in [5.74, 6) is 0.469. The van der Waals surface area contributed by atoms with Gasteiger partial charge in [-0.3, -0.25) is 4.79 Å². The highest BCUT2D eigenvalue weighted by molar-refractivity contribution is 6.33. The van der Waals surface area contributed by atoms with Crippen LogP contribution < -0.4 is 10.6 Å². The number of hydrogen-bond acceptors (Lipinski definition) is 5. The zero-order valence-corrected chi connectivity index (χ0v) is 10.3. The van der Waals surface area contributed by atoms with Gasteiger partial charge in [0, 0.05) is 13.2 Å². The van der Waals surface area contributed by atoms with Gasteiger partial charge in [0.15, 0.2) is 5.82 Å². The molecule has 2 N–H and O–H groups in total. The molecule has 2 aromatic heterocycles. The molecule has 0 saturated carbocycles. The van der Waals surface area contributed by atoms with Crippen molar-refractivity contribution in [2.45, 2.75) is 0 Å². The Morgan fingerprint density at radius 3 is 2.72 bits per heavy atom. The lowest BCUT2D eigenvalue weighted by molar-refractivity contribution is 0.102. The van der Waals surface area contributed by atoms with Gasteiger partial charge in [-0.1, -0.05) is 11.6 Å². The Bertz CT molecular complexity index is 558. The minimum atomic E-state index is -0.411. The van der Waals surface area contributed by atoms with Crippen molar-refractivity contribution in [1.82, 2.24) is 15.0 Å². The lowest BCUT2D eigenvalue weighted by Crippen LogP contribution is -2.15. The number of aromatic nitrogens is 3. The van der Waals surface area contributed by atoms with Gasteiger partial charge in [-0.2, -0.15) is 0 Å². The summed E-state index contributed by atoms with van der Waals surface area (Å²) in [7, 11) is 1.72. The normalized spacial score (nSPS) is 9.89. The van der Waals surface area contributed by atoms with Crippen LogP contribution in [0.1, 0.15) is 10.5 Å². The van der Waals surface area contributed by atoms with E-state index in [0.29, 0.717) is 16.7 Å². The molecule has 0 aliphatic heterocycles. The Balaban J connectivity index is 2.14. The Kier molecular flexibility index (Phi) is 3.69. The molecule has 6 nitrogen and oxygen atoms in total. The molecule has 0 atom stereocenters. The number of pyridine rings is 1. The van der Waals surface area contributed by atoms with Crippen molar-refractivity contribution in [3.05, 3.63) is 41.4 Å². The van der Waals surface area contributed by atoms with Crippen LogP contribution in [0.2, 0.25) is 5.02 Å². The summed E-state index contributed by atoms with van der Waals surface area (Å²) in [4.78, 5) is 23.7. The first-order valence-electron chi connectivity index (χ1n) is 5.12. The average Bonchev–Trinajstić information content (AvgIpc) is 2.41. The molecule has 1 amide bonds. The predicted octanol–water partition coefficient (Wildman–Crippen LogP) is 1.82. The Morgan fingerprint density at radius 1 is 1.28 bits per heavy atom. The molecular weight excluding hydrogens is 254 g/mol. The van der Waals surface area contributed by atoms with Gasteiger partial charge in [-0.05, 0) is 12.1 Å². The van der Waals surface area contributed by atoms with Gasteiger partial charge in [0.05, 0.1) is 17.4 Å². The molecule has 0 fully saturated rings. The molecule has 0 saturated heterocycles. The third kappa shape index (κ3) is 2.72. The van der Waals surface area contributed by atoms with Crippen molar-refractivity contribution < 1.29 is 4.79 Å². The van der Waals surface area contributed by atoms with Crippen molar-refractivity contribution in [1.29, 1.82) is 0 Å². The molecule has 7 heteroatoms.